The van der Waals surface area contributed by atoms with Gasteiger partial charge in [-0.1, -0.05) is 151 Å². The molecule has 0 saturated carbocycles. The summed E-state index contributed by atoms with van der Waals surface area (Å²) in [5.41, 5.74) is -2.96. The average Bonchev–Trinajstić information content (AvgIpc) is 1.89. The zero-order valence-corrected chi connectivity index (χ0v) is 18.1. The summed E-state index contributed by atoms with van der Waals surface area (Å²) < 4.78 is -14.7. The molecule has 0 aromatic rings. The van der Waals surface area contributed by atoms with Gasteiger partial charge in [-0.25, -0.2) is 0 Å². The normalized spacial score (nSPS) is 16.5. The first kappa shape index (κ1) is 23.7. The molecule has 0 heterocycles. The third-order valence-electron chi connectivity index (χ3n) is 2.11. The predicted molar refractivity (Wildman–Crippen MR) is 92.9 cm³/mol. The molecule has 0 aliphatic carbocycles. The van der Waals surface area contributed by atoms with Gasteiger partial charge in [-0.05, 0) is 0 Å². The number of alkyl halides is 13. The fourth-order valence-corrected chi connectivity index (χ4v) is 8.37. The molecule has 0 rings (SSSR count). The van der Waals surface area contributed by atoms with Crippen LogP contribution in [0.2, 0.25) is 0 Å². The summed E-state index contributed by atoms with van der Waals surface area (Å²) in [5.74, 6) is 0. The zero-order chi connectivity index (χ0) is 17.0. The van der Waals surface area contributed by atoms with Crippen molar-refractivity contribution in [1.29, 1.82) is 0 Å². The second-order valence-corrected chi connectivity index (χ2v) is 12.8. The van der Waals surface area contributed by atoms with Gasteiger partial charge < -0.3 is 0 Å². The number of halogens is 13. The van der Waals surface area contributed by atoms with Gasteiger partial charge in [0, 0.05) is 0 Å². The quantitative estimate of drug-likeness (QED) is 0.314. The third kappa shape index (κ3) is 3.93. The van der Waals surface area contributed by atoms with Crippen molar-refractivity contribution in [3.05, 3.63) is 0 Å². The van der Waals surface area contributed by atoms with Crippen molar-refractivity contribution in [1.82, 2.24) is 0 Å². The van der Waals surface area contributed by atoms with E-state index in [0.29, 0.717) is 0 Å². The van der Waals surface area contributed by atoms with Crippen LogP contribution < -0.4 is 0 Å². The Balaban J connectivity index is 6.83. The van der Waals surface area contributed by atoms with Crippen molar-refractivity contribution in [2.24, 2.45) is 5.41 Å². The molecule has 20 heavy (non-hydrogen) atoms. The van der Waals surface area contributed by atoms with Gasteiger partial charge in [-0.2, -0.15) is 5.11 Å². The standard InChI is InChI=1S/C6Cl13O/c7-2(8,6(18,19)20)1(3(9,10)11,4(12,13)14)5(15,16)17. The Labute approximate surface area is 179 Å². The van der Waals surface area contributed by atoms with Crippen LogP contribution in [-0.2, 0) is 5.11 Å². The fraction of sp³-hybridized carbons (Fsp3) is 1.00. The van der Waals surface area contributed by atoms with E-state index >= 15 is 0 Å². The van der Waals surface area contributed by atoms with Crippen LogP contribution in [0, 0.1) is 5.41 Å². The molecule has 0 aliphatic heterocycles. The second kappa shape index (κ2) is 6.80. The van der Waals surface area contributed by atoms with Gasteiger partial charge in [0.05, 0.1) is 0 Å². The van der Waals surface area contributed by atoms with E-state index in [1.54, 1.807) is 0 Å². The molecule has 0 fully saturated rings. The topological polar surface area (TPSA) is 19.9 Å². The van der Waals surface area contributed by atoms with Crippen molar-refractivity contribution < 1.29 is 5.11 Å². The Morgan fingerprint density at radius 3 is 0.700 bits per heavy atom. The molecular weight excluding hydrogens is 549 g/mol. The molecule has 0 spiro atoms. The Morgan fingerprint density at radius 2 is 0.650 bits per heavy atom. The van der Waals surface area contributed by atoms with Crippen LogP contribution in [0.15, 0.2) is 0 Å². The summed E-state index contributed by atoms with van der Waals surface area (Å²) in [7, 11) is 0. The minimum atomic E-state index is -3.28. The lowest BCUT2D eigenvalue weighted by atomic mass is 9.87. The molecule has 1 radical (unpaired) electrons. The fourth-order valence-electron chi connectivity index (χ4n) is 1.23. The predicted octanol–water partition coefficient (Wildman–Crippen LogP) is 7.82. The number of hydrogen-bond donors (Lipinski definition) is 0. The molecule has 121 valence electrons. The molecule has 0 atom stereocenters. The van der Waals surface area contributed by atoms with E-state index in [4.69, 9.17) is 151 Å². The lowest BCUT2D eigenvalue weighted by molar-refractivity contribution is 0.0539. The van der Waals surface area contributed by atoms with Crippen LogP contribution in [0.5, 0.6) is 0 Å². The maximum atomic E-state index is 11.9. The lowest BCUT2D eigenvalue weighted by Crippen LogP contribution is -2.69. The summed E-state index contributed by atoms with van der Waals surface area (Å²) in [6.07, 6.45) is 0. The first-order valence-electron chi connectivity index (χ1n) is 3.91. The van der Waals surface area contributed by atoms with Gasteiger partial charge in [0.15, 0.2) is 4.33 Å². The van der Waals surface area contributed by atoms with Crippen LogP contribution in [-0.4, -0.2) is 20.2 Å². The molecule has 0 saturated heterocycles. The summed E-state index contributed by atoms with van der Waals surface area (Å²) in [4.78, 5) is 0. The Morgan fingerprint density at radius 1 is 0.450 bits per heavy atom. The van der Waals surface area contributed by atoms with E-state index in [-0.39, 0.29) is 0 Å². The van der Waals surface area contributed by atoms with E-state index in [1.165, 1.54) is 0 Å². The Bertz CT molecular complexity index is 315. The minimum absolute atomic E-state index is 2.79. The Kier molecular flexibility index (Phi) is 8.07. The van der Waals surface area contributed by atoms with Crippen LogP contribution in [0.4, 0.5) is 0 Å². The van der Waals surface area contributed by atoms with Gasteiger partial charge >= 0.3 is 0 Å². The van der Waals surface area contributed by atoms with Gasteiger partial charge in [0.1, 0.15) is 5.41 Å². The van der Waals surface area contributed by atoms with Crippen molar-refractivity contribution in [3.8, 4) is 0 Å². The monoisotopic (exact) mass is 543 g/mol. The van der Waals surface area contributed by atoms with E-state index < -0.39 is 25.6 Å². The highest BCUT2D eigenvalue weighted by molar-refractivity contribution is 6.80. The SMILES string of the molecule is [O]C(Cl)(Cl)C(Cl)(Cl)C(C(Cl)(Cl)Cl)(C(Cl)(Cl)Cl)C(Cl)(Cl)Cl. The van der Waals surface area contributed by atoms with E-state index in [0.717, 1.165) is 0 Å². The van der Waals surface area contributed by atoms with Crippen LogP contribution in [0.25, 0.3) is 0 Å². The van der Waals surface area contributed by atoms with Gasteiger partial charge in [0.25, 0.3) is 4.52 Å². The van der Waals surface area contributed by atoms with E-state index in [9.17, 15) is 5.11 Å². The third-order valence-corrected chi connectivity index (χ3v) is 6.72. The van der Waals surface area contributed by atoms with Crippen LogP contribution in [0.1, 0.15) is 0 Å². The molecule has 0 aliphatic rings. The first-order chi connectivity index (χ1) is 8.25. The Hall–Kier alpha value is 3.73. The number of hydrogen-bond acceptors (Lipinski definition) is 0. The maximum absolute atomic E-state index is 11.9. The molecule has 1 nitrogen and oxygen atoms in total. The van der Waals surface area contributed by atoms with Crippen molar-refractivity contribution in [2.45, 2.75) is 20.2 Å². The van der Waals surface area contributed by atoms with E-state index in [1.807, 2.05) is 0 Å². The summed E-state index contributed by atoms with van der Waals surface area (Å²) in [6.45, 7) is 0. The smallest absolute Gasteiger partial charge is 0.190 e. The van der Waals surface area contributed by atoms with E-state index in [2.05, 4.69) is 0 Å². The summed E-state index contributed by atoms with van der Waals surface area (Å²) in [6, 6.07) is 0. The van der Waals surface area contributed by atoms with Crippen LogP contribution in [0.3, 0.4) is 0 Å². The van der Waals surface area contributed by atoms with Crippen LogP contribution >= 0.6 is 151 Å². The first-order valence-corrected chi connectivity index (χ1v) is 8.82. The molecular formula is C6Cl13O. The van der Waals surface area contributed by atoms with Crippen molar-refractivity contribution in [2.75, 3.05) is 0 Å². The van der Waals surface area contributed by atoms with Gasteiger partial charge in [-0.15, -0.1) is 0 Å². The highest BCUT2D eigenvalue weighted by atomic mass is 35.6. The minimum Gasteiger partial charge on any atom is -0.190 e. The average molecular weight is 549 g/mol. The molecule has 0 aromatic heterocycles. The highest BCUT2D eigenvalue weighted by Gasteiger charge is 2.83. The molecule has 0 unspecified atom stereocenters. The number of rotatable bonds is 2. The molecule has 0 bridgehead atoms. The molecule has 14 heteroatoms. The summed E-state index contributed by atoms with van der Waals surface area (Å²) >= 11 is 73.8. The highest BCUT2D eigenvalue weighted by Crippen LogP contribution is 2.76. The summed E-state index contributed by atoms with van der Waals surface area (Å²) in [5, 5.41) is 11.9. The zero-order valence-electron chi connectivity index (χ0n) is 8.32. The largest absolute Gasteiger partial charge is 0.284 e. The molecule has 0 amide bonds. The maximum Gasteiger partial charge on any atom is 0.284 e. The molecule has 0 N–H and O–H groups in total. The lowest BCUT2D eigenvalue weighted by Gasteiger charge is -2.55. The van der Waals surface area contributed by atoms with Crippen molar-refractivity contribution in [3.63, 3.8) is 0 Å². The molecule has 0 aromatic carbocycles. The van der Waals surface area contributed by atoms with Gasteiger partial charge in [-0.3, -0.25) is 0 Å². The second-order valence-electron chi connectivity index (χ2n) is 3.33. The van der Waals surface area contributed by atoms with Crippen molar-refractivity contribution >= 4 is 151 Å². The van der Waals surface area contributed by atoms with Gasteiger partial charge in [0.2, 0.25) is 11.4 Å².